The minimum absolute atomic E-state index is 0.179. The summed E-state index contributed by atoms with van der Waals surface area (Å²) in [7, 11) is 0. The number of fused-ring (bicyclic) bond motifs is 1. The van der Waals surface area contributed by atoms with Crippen LogP contribution in [0.5, 0.6) is 11.5 Å². The summed E-state index contributed by atoms with van der Waals surface area (Å²) in [6.07, 6.45) is 0. The van der Waals surface area contributed by atoms with Crippen LogP contribution in [0.15, 0.2) is 91.0 Å². The van der Waals surface area contributed by atoms with E-state index in [4.69, 9.17) is 4.74 Å². The monoisotopic (exact) mass is 468 g/mol. The minimum Gasteiger partial charge on any atom is -0.457 e. The van der Waals surface area contributed by atoms with Gasteiger partial charge >= 0.3 is 0 Å². The molecule has 0 spiro atoms. The Labute approximate surface area is 199 Å². The molecule has 5 aromatic rings. The number of ether oxygens (including phenoxy) is 1. The first-order valence-electron chi connectivity index (χ1n) is 10.6. The van der Waals surface area contributed by atoms with Gasteiger partial charge < -0.3 is 15.4 Å². The third-order valence-electron chi connectivity index (χ3n) is 5.06. The normalized spacial score (nSPS) is 10.7. The molecule has 34 heavy (non-hydrogen) atoms. The second-order valence-corrected chi connectivity index (χ2v) is 8.54. The van der Waals surface area contributed by atoms with Crippen molar-refractivity contribution in [1.29, 1.82) is 0 Å². The lowest BCUT2D eigenvalue weighted by Crippen LogP contribution is -2.21. The number of carbonyl (C=O) groups is 2. The van der Waals surface area contributed by atoms with Crippen LogP contribution in [0, 0.1) is 0 Å². The van der Waals surface area contributed by atoms with Gasteiger partial charge in [-0.25, -0.2) is 0 Å². The molecule has 8 heteroatoms. The molecule has 0 fully saturated rings. The maximum Gasteiger partial charge on any atom is 0.261 e. The first kappa shape index (κ1) is 21.4. The first-order valence-corrected chi connectivity index (χ1v) is 11.4. The lowest BCUT2D eigenvalue weighted by Gasteiger charge is -2.07. The number of nitrogens with zero attached hydrogens (tertiary/aromatic N) is 1. The van der Waals surface area contributed by atoms with E-state index >= 15 is 0 Å². The van der Waals surface area contributed by atoms with Crippen LogP contribution in [-0.4, -0.2) is 22.0 Å². The standard InChI is InChI=1S/C26H20N4O3S/c31-25(18-10-7-13-20(14-18)33-19-11-5-2-6-12-19)28-24-23-21(29-30-24)15-22(34-23)26(32)27-16-17-8-3-1-4-9-17/h1-15H,16H2,(H,27,32)(H2,28,29,30,31). The van der Waals surface area contributed by atoms with Gasteiger partial charge in [0.2, 0.25) is 0 Å². The van der Waals surface area contributed by atoms with Gasteiger partial charge in [0.15, 0.2) is 5.82 Å². The number of rotatable bonds is 7. The van der Waals surface area contributed by atoms with Crippen molar-refractivity contribution in [3.8, 4) is 11.5 Å². The molecule has 2 amide bonds. The smallest absolute Gasteiger partial charge is 0.261 e. The number of aromatic amines is 1. The van der Waals surface area contributed by atoms with Crippen molar-refractivity contribution in [2.75, 3.05) is 5.32 Å². The molecule has 0 atom stereocenters. The zero-order chi connectivity index (χ0) is 23.3. The van der Waals surface area contributed by atoms with E-state index in [1.165, 1.54) is 11.3 Å². The first-order chi connectivity index (χ1) is 16.7. The third-order valence-corrected chi connectivity index (χ3v) is 6.20. The van der Waals surface area contributed by atoms with Crippen molar-refractivity contribution in [1.82, 2.24) is 15.5 Å². The molecule has 3 aromatic carbocycles. The number of thiophene rings is 1. The van der Waals surface area contributed by atoms with Crippen LogP contribution < -0.4 is 15.4 Å². The van der Waals surface area contributed by atoms with Crippen LogP contribution in [0.1, 0.15) is 25.6 Å². The maximum atomic E-state index is 12.9. The third kappa shape index (κ3) is 4.82. The topological polar surface area (TPSA) is 96.1 Å². The number of aromatic nitrogens is 2. The average Bonchev–Trinajstić information content (AvgIpc) is 3.46. The largest absolute Gasteiger partial charge is 0.457 e. The molecule has 5 rings (SSSR count). The van der Waals surface area contributed by atoms with Gasteiger partial charge in [-0.2, -0.15) is 5.10 Å². The number of H-pyrrole nitrogens is 1. The summed E-state index contributed by atoms with van der Waals surface area (Å²) in [5.41, 5.74) is 2.14. The quantitative estimate of drug-likeness (QED) is 0.290. The molecule has 0 radical (unpaired) electrons. The van der Waals surface area contributed by atoms with E-state index in [0.29, 0.717) is 44.5 Å². The summed E-state index contributed by atoms with van der Waals surface area (Å²) >= 11 is 1.27. The molecule has 0 unspecified atom stereocenters. The maximum absolute atomic E-state index is 12.9. The van der Waals surface area contributed by atoms with Gasteiger partial charge in [0.1, 0.15) is 11.5 Å². The molecule has 2 aromatic heterocycles. The highest BCUT2D eigenvalue weighted by molar-refractivity contribution is 7.21. The van der Waals surface area contributed by atoms with E-state index in [1.54, 1.807) is 30.3 Å². The Kier molecular flexibility index (Phi) is 6.05. The molecule has 2 heterocycles. The Bertz CT molecular complexity index is 1440. The number of carbonyl (C=O) groups excluding carboxylic acids is 2. The van der Waals surface area contributed by atoms with Crippen LogP contribution in [0.25, 0.3) is 10.2 Å². The van der Waals surface area contributed by atoms with Crippen LogP contribution in [-0.2, 0) is 6.54 Å². The van der Waals surface area contributed by atoms with Gasteiger partial charge in [-0.1, -0.05) is 54.6 Å². The molecule has 0 saturated heterocycles. The Morgan fingerprint density at radius 1 is 0.853 bits per heavy atom. The van der Waals surface area contributed by atoms with Gasteiger partial charge in [0.05, 0.1) is 15.1 Å². The van der Waals surface area contributed by atoms with Crippen molar-refractivity contribution in [3.05, 3.63) is 107 Å². The van der Waals surface area contributed by atoms with Crippen molar-refractivity contribution >= 4 is 39.2 Å². The highest BCUT2D eigenvalue weighted by Gasteiger charge is 2.17. The molecule has 7 nitrogen and oxygen atoms in total. The van der Waals surface area contributed by atoms with E-state index in [0.717, 1.165) is 5.56 Å². The fourth-order valence-corrected chi connectivity index (χ4v) is 4.35. The van der Waals surface area contributed by atoms with Crippen LogP contribution >= 0.6 is 11.3 Å². The van der Waals surface area contributed by atoms with E-state index < -0.39 is 0 Å². The fourth-order valence-electron chi connectivity index (χ4n) is 3.38. The number of para-hydroxylation sites is 1. The van der Waals surface area contributed by atoms with Gasteiger partial charge in [0.25, 0.3) is 11.8 Å². The van der Waals surface area contributed by atoms with Crippen molar-refractivity contribution < 1.29 is 14.3 Å². The van der Waals surface area contributed by atoms with E-state index in [2.05, 4.69) is 20.8 Å². The summed E-state index contributed by atoms with van der Waals surface area (Å²) in [5.74, 6) is 1.11. The lowest BCUT2D eigenvalue weighted by atomic mass is 10.2. The van der Waals surface area contributed by atoms with Crippen LogP contribution in [0.3, 0.4) is 0 Å². The highest BCUT2D eigenvalue weighted by atomic mass is 32.1. The van der Waals surface area contributed by atoms with Crippen molar-refractivity contribution in [3.63, 3.8) is 0 Å². The highest BCUT2D eigenvalue weighted by Crippen LogP contribution is 2.30. The van der Waals surface area contributed by atoms with Crippen LogP contribution in [0.2, 0.25) is 0 Å². The number of hydrogen-bond donors (Lipinski definition) is 3. The Morgan fingerprint density at radius 2 is 1.59 bits per heavy atom. The number of nitrogens with one attached hydrogen (secondary N) is 3. The number of amides is 2. The molecule has 3 N–H and O–H groups in total. The zero-order valence-electron chi connectivity index (χ0n) is 17.9. The van der Waals surface area contributed by atoms with Crippen molar-refractivity contribution in [2.45, 2.75) is 6.54 Å². The fraction of sp³-hybridized carbons (Fsp3) is 0.0385. The van der Waals surface area contributed by atoms with Gasteiger partial charge in [-0.15, -0.1) is 11.3 Å². The second-order valence-electron chi connectivity index (χ2n) is 7.49. The van der Waals surface area contributed by atoms with Gasteiger partial charge in [-0.05, 0) is 42.0 Å². The zero-order valence-corrected chi connectivity index (χ0v) is 18.8. The molecular formula is C26H20N4O3S. The summed E-state index contributed by atoms with van der Waals surface area (Å²) in [6, 6.07) is 27.7. The van der Waals surface area contributed by atoms with E-state index in [9.17, 15) is 9.59 Å². The molecular weight excluding hydrogens is 448 g/mol. The molecule has 0 aliphatic rings. The average molecular weight is 469 g/mol. The Hall–Kier alpha value is -4.43. The Morgan fingerprint density at radius 3 is 2.38 bits per heavy atom. The Balaban J connectivity index is 1.28. The predicted octanol–water partition coefficient (Wildman–Crippen LogP) is 5.60. The summed E-state index contributed by atoms with van der Waals surface area (Å²) in [6.45, 7) is 0.439. The molecule has 0 aliphatic carbocycles. The molecule has 168 valence electrons. The van der Waals surface area contributed by atoms with Gasteiger partial charge in [-0.3, -0.25) is 14.7 Å². The van der Waals surface area contributed by atoms with Gasteiger partial charge in [0, 0.05) is 12.1 Å². The van der Waals surface area contributed by atoms with Crippen LogP contribution in [0.4, 0.5) is 5.82 Å². The summed E-state index contributed by atoms with van der Waals surface area (Å²) in [5, 5.41) is 12.8. The van der Waals surface area contributed by atoms with E-state index in [1.807, 2.05) is 60.7 Å². The summed E-state index contributed by atoms with van der Waals surface area (Å²) < 4.78 is 6.52. The molecule has 0 aliphatic heterocycles. The number of benzene rings is 3. The predicted molar refractivity (Wildman–Crippen MR) is 132 cm³/mol. The summed E-state index contributed by atoms with van der Waals surface area (Å²) in [4.78, 5) is 26.0. The second kappa shape index (κ2) is 9.60. The SMILES string of the molecule is O=C(Nc1n[nH]c2cc(C(=O)NCc3ccccc3)sc12)c1cccc(Oc2ccccc2)c1. The minimum atomic E-state index is -0.324. The molecule has 0 saturated carbocycles. The lowest BCUT2D eigenvalue weighted by molar-refractivity contribution is 0.0954. The number of anilines is 1. The number of hydrogen-bond acceptors (Lipinski definition) is 5. The van der Waals surface area contributed by atoms with Crippen molar-refractivity contribution in [2.24, 2.45) is 0 Å². The molecule has 0 bridgehead atoms. The van der Waals surface area contributed by atoms with E-state index in [-0.39, 0.29) is 11.8 Å².